The third-order valence-corrected chi connectivity index (χ3v) is 2.41. The van der Waals surface area contributed by atoms with Gasteiger partial charge in [0.1, 0.15) is 5.75 Å². The number of amides is 1. The van der Waals surface area contributed by atoms with Crippen LogP contribution in [0.1, 0.15) is 26.3 Å². The summed E-state index contributed by atoms with van der Waals surface area (Å²) in [5.74, 6) is -1.92. The van der Waals surface area contributed by atoms with E-state index in [1.54, 1.807) is 6.92 Å². The van der Waals surface area contributed by atoms with Crippen molar-refractivity contribution in [3.8, 4) is 5.75 Å². The Morgan fingerprint density at radius 3 is 2.56 bits per heavy atom. The average Bonchev–Trinajstić information content (AvgIpc) is 2.28. The van der Waals surface area contributed by atoms with E-state index in [1.807, 2.05) is 0 Å². The minimum Gasteiger partial charge on any atom is -0.507 e. The van der Waals surface area contributed by atoms with Crippen molar-refractivity contribution in [3.05, 3.63) is 28.8 Å². The molecule has 0 saturated carbocycles. The molecule has 0 radical (unpaired) electrons. The van der Waals surface area contributed by atoms with Gasteiger partial charge in [0.15, 0.2) is 0 Å². The summed E-state index contributed by atoms with van der Waals surface area (Å²) in [7, 11) is 1.50. The molecule has 0 bridgehead atoms. The number of ether oxygens (including phenoxy) is 1. The van der Waals surface area contributed by atoms with Gasteiger partial charge in [0, 0.05) is 13.7 Å². The van der Waals surface area contributed by atoms with Crippen LogP contribution in [0.3, 0.4) is 0 Å². The number of carbonyl (C=O) groups excluding carboxylic acids is 1. The number of rotatable bonds is 5. The van der Waals surface area contributed by atoms with Crippen LogP contribution in [0.2, 0.25) is 0 Å². The molecule has 0 saturated heterocycles. The second kappa shape index (κ2) is 6.02. The largest absolute Gasteiger partial charge is 0.507 e. The van der Waals surface area contributed by atoms with Crippen LogP contribution in [0.25, 0.3) is 0 Å². The van der Waals surface area contributed by atoms with E-state index >= 15 is 0 Å². The van der Waals surface area contributed by atoms with Gasteiger partial charge in [-0.2, -0.15) is 0 Å². The Morgan fingerprint density at radius 1 is 1.33 bits per heavy atom. The molecule has 6 nitrogen and oxygen atoms in total. The summed E-state index contributed by atoms with van der Waals surface area (Å²) in [6, 6.07) is 2.42. The number of hydrogen-bond acceptors (Lipinski definition) is 4. The molecule has 3 N–H and O–H groups in total. The molecule has 18 heavy (non-hydrogen) atoms. The molecule has 0 aliphatic heterocycles. The number of carboxylic acids is 1. The van der Waals surface area contributed by atoms with Gasteiger partial charge in [0.2, 0.25) is 0 Å². The van der Waals surface area contributed by atoms with Crippen molar-refractivity contribution in [2.24, 2.45) is 0 Å². The first kappa shape index (κ1) is 14.0. The monoisotopic (exact) mass is 253 g/mol. The SMILES string of the molecule is COCCNC(=O)c1cc(C(=O)O)c(C)cc1O. The van der Waals surface area contributed by atoms with Crippen molar-refractivity contribution in [1.82, 2.24) is 5.32 Å². The lowest BCUT2D eigenvalue weighted by Gasteiger charge is -2.09. The smallest absolute Gasteiger partial charge is 0.335 e. The Bertz CT molecular complexity index is 470. The van der Waals surface area contributed by atoms with Crippen LogP contribution in [-0.2, 0) is 4.74 Å². The molecule has 0 unspecified atom stereocenters. The number of carbonyl (C=O) groups is 2. The fraction of sp³-hybridized carbons (Fsp3) is 0.333. The van der Waals surface area contributed by atoms with E-state index in [4.69, 9.17) is 9.84 Å². The number of phenols is 1. The second-order valence-corrected chi connectivity index (χ2v) is 3.74. The maximum atomic E-state index is 11.7. The number of benzene rings is 1. The number of hydrogen-bond donors (Lipinski definition) is 3. The minimum absolute atomic E-state index is 0.00954. The van der Waals surface area contributed by atoms with Gasteiger partial charge in [-0.25, -0.2) is 4.79 Å². The summed E-state index contributed by atoms with van der Waals surface area (Å²) in [5.41, 5.74) is 0.326. The van der Waals surface area contributed by atoms with Crippen molar-refractivity contribution < 1.29 is 24.5 Å². The van der Waals surface area contributed by atoms with Crippen molar-refractivity contribution in [3.63, 3.8) is 0 Å². The molecular formula is C12H15NO5. The Labute approximate surface area is 104 Å². The van der Waals surface area contributed by atoms with E-state index in [9.17, 15) is 14.7 Å². The molecule has 0 spiro atoms. The van der Waals surface area contributed by atoms with Crippen LogP contribution in [0.5, 0.6) is 5.75 Å². The fourth-order valence-electron chi connectivity index (χ4n) is 1.47. The van der Waals surface area contributed by atoms with Gasteiger partial charge in [0.25, 0.3) is 5.91 Å². The Morgan fingerprint density at radius 2 is 2.00 bits per heavy atom. The zero-order chi connectivity index (χ0) is 13.7. The minimum atomic E-state index is -1.14. The number of aryl methyl sites for hydroxylation is 1. The molecule has 6 heteroatoms. The first-order valence-electron chi connectivity index (χ1n) is 5.31. The third-order valence-electron chi connectivity index (χ3n) is 2.41. The van der Waals surface area contributed by atoms with Gasteiger partial charge >= 0.3 is 5.97 Å². The van der Waals surface area contributed by atoms with Crippen LogP contribution >= 0.6 is 0 Å². The standard InChI is InChI=1S/C12H15NO5/c1-7-5-10(14)9(6-8(7)12(16)17)11(15)13-3-4-18-2/h5-6,14H,3-4H2,1-2H3,(H,13,15)(H,16,17). The topological polar surface area (TPSA) is 95.9 Å². The zero-order valence-corrected chi connectivity index (χ0v) is 10.2. The molecule has 1 aromatic carbocycles. The average molecular weight is 253 g/mol. The van der Waals surface area contributed by atoms with Crippen LogP contribution in [0.4, 0.5) is 0 Å². The number of phenolic OH excluding ortho intramolecular Hbond substituents is 1. The quantitative estimate of drug-likeness (QED) is 0.674. The maximum absolute atomic E-state index is 11.7. The van der Waals surface area contributed by atoms with Gasteiger partial charge in [-0.1, -0.05) is 0 Å². The van der Waals surface area contributed by atoms with E-state index in [0.717, 1.165) is 6.07 Å². The van der Waals surface area contributed by atoms with Gasteiger partial charge in [-0.15, -0.1) is 0 Å². The van der Waals surface area contributed by atoms with E-state index in [0.29, 0.717) is 12.2 Å². The van der Waals surface area contributed by atoms with Crippen molar-refractivity contribution in [2.45, 2.75) is 6.92 Å². The number of aromatic hydroxyl groups is 1. The van der Waals surface area contributed by atoms with Gasteiger partial charge in [0.05, 0.1) is 17.7 Å². The molecule has 0 heterocycles. The fourth-order valence-corrected chi connectivity index (χ4v) is 1.47. The number of carboxylic acid groups (broad SMARTS) is 1. The Balaban J connectivity index is 2.97. The van der Waals surface area contributed by atoms with E-state index in [2.05, 4.69) is 5.32 Å². The maximum Gasteiger partial charge on any atom is 0.335 e. The molecule has 0 atom stereocenters. The highest BCUT2D eigenvalue weighted by atomic mass is 16.5. The number of nitrogens with one attached hydrogen (secondary N) is 1. The molecule has 1 amide bonds. The van der Waals surface area contributed by atoms with Crippen molar-refractivity contribution in [1.29, 1.82) is 0 Å². The van der Waals surface area contributed by atoms with Crippen molar-refractivity contribution >= 4 is 11.9 Å². The summed E-state index contributed by atoms with van der Waals surface area (Å²) in [4.78, 5) is 22.6. The number of methoxy groups -OCH3 is 1. The molecule has 0 fully saturated rings. The summed E-state index contributed by atoms with van der Waals surface area (Å²) in [6.07, 6.45) is 0. The summed E-state index contributed by atoms with van der Waals surface area (Å²) in [5, 5.41) is 21.1. The molecular weight excluding hydrogens is 238 g/mol. The molecule has 0 aromatic heterocycles. The van der Waals surface area contributed by atoms with Gasteiger partial charge in [-0.05, 0) is 24.6 Å². The van der Waals surface area contributed by atoms with E-state index < -0.39 is 11.9 Å². The molecule has 0 aliphatic carbocycles. The first-order valence-corrected chi connectivity index (χ1v) is 5.31. The molecule has 0 aliphatic rings. The zero-order valence-electron chi connectivity index (χ0n) is 10.2. The first-order chi connectivity index (χ1) is 8.47. The van der Waals surface area contributed by atoms with Crippen LogP contribution in [-0.4, -0.2) is 42.4 Å². The highest BCUT2D eigenvalue weighted by Gasteiger charge is 2.16. The van der Waals surface area contributed by atoms with E-state index in [-0.39, 0.29) is 23.4 Å². The van der Waals surface area contributed by atoms with Gasteiger partial charge in [-0.3, -0.25) is 4.79 Å². The Hall–Kier alpha value is -2.08. The Kier molecular flexibility index (Phi) is 4.67. The summed E-state index contributed by atoms with van der Waals surface area (Å²) in [6.45, 7) is 2.17. The summed E-state index contributed by atoms with van der Waals surface area (Å²) >= 11 is 0. The highest BCUT2D eigenvalue weighted by Crippen LogP contribution is 2.22. The lowest BCUT2D eigenvalue weighted by molar-refractivity contribution is 0.0696. The predicted molar refractivity (Wildman–Crippen MR) is 64.0 cm³/mol. The third kappa shape index (κ3) is 3.21. The van der Waals surface area contributed by atoms with Crippen LogP contribution in [0.15, 0.2) is 12.1 Å². The van der Waals surface area contributed by atoms with Crippen LogP contribution < -0.4 is 5.32 Å². The lowest BCUT2D eigenvalue weighted by atomic mass is 10.0. The predicted octanol–water partition coefficient (Wildman–Crippen LogP) is 0.775. The van der Waals surface area contributed by atoms with Crippen LogP contribution in [0, 0.1) is 6.92 Å². The normalized spacial score (nSPS) is 10.1. The van der Waals surface area contributed by atoms with Gasteiger partial charge < -0.3 is 20.3 Å². The van der Waals surface area contributed by atoms with Crippen molar-refractivity contribution in [2.75, 3.05) is 20.3 Å². The second-order valence-electron chi connectivity index (χ2n) is 3.74. The van der Waals surface area contributed by atoms with E-state index in [1.165, 1.54) is 13.2 Å². The highest BCUT2D eigenvalue weighted by molar-refractivity contribution is 6.00. The molecule has 1 rings (SSSR count). The molecule has 98 valence electrons. The molecule has 1 aromatic rings. The number of aromatic carboxylic acids is 1. The summed E-state index contributed by atoms with van der Waals surface area (Å²) < 4.78 is 4.77. The lowest BCUT2D eigenvalue weighted by Crippen LogP contribution is -2.27.